The molecule has 0 fully saturated rings. The summed E-state index contributed by atoms with van der Waals surface area (Å²) in [5, 5.41) is 0.444. The average molecular weight is 397 g/mol. The predicted molar refractivity (Wildman–Crippen MR) is 115 cm³/mol. The monoisotopic (exact) mass is 396 g/mol. The molecule has 2 aromatic heterocycles. The summed E-state index contributed by atoms with van der Waals surface area (Å²) in [4.78, 5) is 32.8. The van der Waals surface area contributed by atoms with Crippen LogP contribution in [0.1, 0.15) is 59.9 Å². The van der Waals surface area contributed by atoms with Gasteiger partial charge in [-0.2, -0.15) is 0 Å². The summed E-state index contributed by atoms with van der Waals surface area (Å²) in [6, 6.07) is 8.30. The minimum Gasteiger partial charge on any atom is -0.462 e. The third-order valence-corrected chi connectivity index (χ3v) is 5.66. The number of nitrogens with one attached hydrogen (secondary N) is 1. The summed E-state index contributed by atoms with van der Waals surface area (Å²) < 4.78 is 5.06. The van der Waals surface area contributed by atoms with E-state index in [4.69, 9.17) is 4.74 Å². The van der Waals surface area contributed by atoms with E-state index in [-0.39, 0.29) is 17.6 Å². The highest BCUT2D eigenvalue weighted by Crippen LogP contribution is 2.28. The van der Waals surface area contributed by atoms with Gasteiger partial charge in [-0.3, -0.25) is 4.79 Å². The number of thiophene rings is 1. The van der Waals surface area contributed by atoms with Gasteiger partial charge in [0.1, 0.15) is 15.5 Å². The van der Waals surface area contributed by atoms with E-state index in [9.17, 15) is 9.59 Å². The summed E-state index contributed by atoms with van der Waals surface area (Å²) in [7, 11) is 0. The molecule has 0 amide bonds. The number of carbonyl (C=O) groups excluding carboxylic acids is 1. The number of benzene rings is 1. The molecule has 146 valence electrons. The zero-order valence-corrected chi connectivity index (χ0v) is 17.6. The van der Waals surface area contributed by atoms with E-state index in [0.29, 0.717) is 26.5 Å². The molecule has 0 saturated heterocycles. The van der Waals surface area contributed by atoms with E-state index < -0.39 is 5.97 Å². The van der Waals surface area contributed by atoms with E-state index in [1.165, 1.54) is 16.9 Å². The van der Waals surface area contributed by atoms with Crippen LogP contribution in [0.2, 0.25) is 0 Å². The fourth-order valence-corrected chi connectivity index (χ4v) is 3.98. The summed E-state index contributed by atoms with van der Waals surface area (Å²) in [6.07, 6.45) is 3.68. The highest BCUT2D eigenvalue weighted by molar-refractivity contribution is 7.20. The number of aromatic amines is 1. The lowest BCUT2D eigenvalue weighted by molar-refractivity contribution is 0.0531. The SMILES string of the molecule is CCOC(=O)c1sc2nc(C=Cc3ccc(C(C)(C)C)cc3)[nH]c(=O)c2c1C. The van der Waals surface area contributed by atoms with Gasteiger partial charge in [0.15, 0.2) is 0 Å². The third-order valence-electron chi connectivity index (χ3n) is 4.49. The maximum Gasteiger partial charge on any atom is 0.348 e. The van der Waals surface area contributed by atoms with Crippen LogP contribution in [-0.4, -0.2) is 22.5 Å². The van der Waals surface area contributed by atoms with Gasteiger partial charge in [-0.25, -0.2) is 9.78 Å². The minimum atomic E-state index is -0.418. The molecule has 3 rings (SSSR count). The second kappa shape index (κ2) is 7.72. The van der Waals surface area contributed by atoms with Crippen LogP contribution in [0.4, 0.5) is 0 Å². The molecule has 0 spiro atoms. The van der Waals surface area contributed by atoms with Crippen LogP contribution in [0.25, 0.3) is 22.4 Å². The molecule has 5 nitrogen and oxygen atoms in total. The van der Waals surface area contributed by atoms with Crippen LogP contribution in [0, 0.1) is 6.92 Å². The fourth-order valence-electron chi connectivity index (χ4n) is 2.90. The highest BCUT2D eigenvalue weighted by Gasteiger charge is 2.19. The summed E-state index contributed by atoms with van der Waals surface area (Å²) in [5.41, 5.74) is 2.74. The van der Waals surface area contributed by atoms with Crippen LogP contribution < -0.4 is 5.56 Å². The van der Waals surface area contributed by atoms with Gasteiger partial charge in [0.2, 0.25) is 0 Å². The summed E-state index contributed by atoms with van der Waals surface area (Å²) in [6.45, 7) is 10.3. The van der Waals surface area contributed by atoms with Crippen LogP contribution >= 0.6 is 11.3 Å². The first-order chi connectivity index (χ1) is 13.2. The van der Waals surface area contributed by atoms with Gasteiger partial charge in [0.05, 0.1) is 12.0 Å². The summed E-state index contributed by atoms with van der Waals surface area (Å²) in [5.74, 6) is 0.0347. The lowest BCUT2D eigenvalue weighted by Gasteiger charge is -2.18. The number of aromatic nitrogens is 2. The topological polar surface area (TPSA) is 72.0 Å². The number of rotatable bonds is 4. The maximum atomic E-state index is 12.5. The van der Waals surface area contributed by atoms with Crippen molar-refractivity contribution in [3.05, 3.63) is 62.0 Å². The molecule has 0 saturated carbocycles. The maximum absolute atomic E-state index is 12.5. The Balaban J connectivity index is 1.93. The van der Waals surface area contributed by atoms with Crippen LogP contribution in [0.15, 0.2) is 29.1 Å². The van der Waals surface area contributed by atoms with Gasteiger partial charge >= 0.3 is 5.97 Å². The lowest BCUT2D eigenvalue weighted by atomic mass is 9.87. The molecule has 1 N–H and O–H groups in total. The number of hydrogen-bond donors (Lipinski definition) is 1. The Morgan fingerprint density at radius 3 is 2.50 bits per heavy atom. The van der Waals surface area contributed by atoms with Crippen LogP contribution in [-0.2, 0) is 10.2 Å². The number of hydrogen-bond acceptors (Lipinski definition) is 5. The highest BCUT2D eigenvalue weighted by atomic mass is 32.1. The van der Waals surface area contributed by atoms with Crippen LogP contribution in [0.5, 0.6) is 0 Å². The zero-order valence-electron chi connectivity index (χ0n) is 16.8. The molecule has 0 atom stereocenters. The Hall–Kier alpha value is -2.73. The molecular formula is C22H24N2O3S. The van der Waals surface area contributed by atoms with Crippen molar-refractivity contribution in [1.82, 2.24) is 9.97 Å². The van der Waals surface area contributed by atoms with E-state index >= 15 is 0 Å². The average Bonchev–Trinajstić information content (AvgIpc) is 2.97. The van der Waals surface area contributed by atoms with Crippen molar-refractivity contribution in [2.45, 2.75) is 40.0 Å². The van der Waals surface area contributed by atoms with Crippen molar-refractivity contribution >= 4 is 39.7 Å². The molecule has 0 aliphatic heterocycles. The van der Waals surface area contributed by atoms with E-state index in [0.717, 1.165) is 5.56 Å². The van der Waals surface area contributed by atoms with Gasteiger partial charge in [-0.05, 0) is 42.0 Å². The molecule has 0 radical (unpaired) electrons. The fraction of sp³-hybridized carbons (Fsp3) is 0.318. The minimum absolute atomic E-state index is 0.105. The van der Waals surface area contributed by atoms with E-state index in [1.807, 2.05) is 18.2 Å². The van der Waals surface area contributed by atoms with Crippen molar-refractivity contribution in [3.63, 3.8) is 0 Å². The molecule has 0 aliphatic rings. The molecule has 28 heavy (non-hydrogen) atoms. The number of esters is 1. The molecule has 3 aromatic rings. The molecule has 0 aliphatic carbocycles. The predicted octanol–water partition coefficient (Wildman–Crippen LogP) is 4.94. The van der Waals surface area contributed by atoms with Crippen LogP contribution in [0.3, 0.4) is 0 Å². The number of nitrogens with zero attached hydrogens (tertiary/aromatic N) is 1. The molecule has 1 aromatic carbocycles. The van der Waals surface area contributed by atoms with Gasteiger partial charge in [0, 0.05) is 0 Å². The first kappa shape index (κ1) is 20.0. The number of H-pyrrole nitrogens is 1. The Labute approximate surface area is 168 Å². The lowest BCUT2D eigenvalue weighted by Crippen LogP contribution is -2.10. The first-order valence-corrected chi connectivity index (χ1v) is 10.0. The molecule has 0 unspecified atom stereocenters. The van der Waals surface area contributed by atoms with Gasteiger partial charge in [-0.1, -0.05) is 51.1 Å². The number of carbonyl (C=O) groups is 1. The Kier molecular flexibility index (Phi) is 5.52. The van der Waals surface area contributed by atoms with Crippen molar-refractivity contribution < 1.29 is 9.53 Å². The number of fused-ring (bicyclic) bond motifs is 1. The van der Waals surface area contributed by atoms with Gasteiger partial charge in [0.25, 0.3) is 5.56 Å². The Bertz CT molecular complexity index is 1100. The second-order valence-corrected chi connectivity index (χ2v) is 8.61. The summed E-state index contributed by atoms with van der Waals surface area (Å²) >= 11 is 1.19. The molecule has 2 heterocycles. The second-order valence-electron chi connectivity index (χ2n) is 7.61. The molecule has 0 bridgehead atoms. The molecular weight excluding hydrogens is 372 g/mol. The normalized spacial score (nSPS) is 12.0. The van der Waals surface area contributed by atoms with Crippen molar-refractivity contribution in [2.24, 2.45) is 0 Å². The molecule has 6 heteroatoms. The smallest absolute Gasteiger partial charge is 0.348 e. The number of ether oxygens (including phenoxy) is 1. The standard InChI is InChI=1S/C22H24N2O3S/c1-6-27-21(26)18-13(2)17-19(25)23-16(24-20(17)28-18)12-9-14-7-10-15(11-8-14)22(3,4)5/h7-12H,6H2,1-5H3,(H,23,24,25). The van der Waals surface area contributed by atoms with E-state index in [1.54, 1.807) is 19.9 Å². The van der Waals surface area contributed by atoms with Crippen molar-refractivity contribution in [3.8, 4) is 0 Å². The number of aryl methyl sites for hydroxylation is 1. The first-order valence-electron chi connectivity index (χ1n) is 9.20. The zero-order chi connectivity index (χ0) is 20.5. The Morgan fingerprint density at radius 2 is 1.89 bits per heavy atom. The van der Waals surface area contributed by atoms with Gasteiger partial charge < -0.3 is 9.72 Å². The third kappa shape index (κ3) is 4.07. The quantitative estimate of drug-likeness (QED) is 0.634. The largest absolute Gasteiger partial charge is 0.462 e. The van der Waals surface area contributed by atoms with Gasteiger partial charge in [-0.15, -0.1) is 11.3 Å². The van der Waals surface area contributed by atoms with Crippen molar-refractivity contribution in [1.29, 1.82) is 0 Å². The van der Waals surface area contributed by atoms with E-state index in [2.05, 4.69) is 42.9 Å². The van der Waals surface area contributed by atoms with Crippen molar-refractivity contribution in [2.75, 3.05) is 6.61 Å². The Morgan fingerprint density at radius 1 is 1.21 bits per heavy atom.